The van der Waals surface area contributed by atoms with E-state index in [9.17, 15) is 4.79 Å². The van der Waals surface area contributed by atoms with Gasteiger partial charge in [0.15, 0.2) is 0 Å². The smallest absolute Gasteiger partial charge is 0.466 e. The molecule has 1 aromatic carbocycles. The van der Waals surface area contributed by atoms with Crippen molar-refractivity contribution in [3.8, 4) is 0 Å². The SMILES string of the molecule is CCOC(=O)C(CC)Cc1cccc(B2OC(C)(C)C(C)(C)O2)c1. The van der Waals surface area contributed by atoms with E-state index in [1.807, 2.05) is 59.7 Å². The molecule has 1 aliphatic rings. The molecule has 1 atom stereocenters. The number of hydrogen-bond acceptors (Lipinski definition) is 4. The van der Waals surface area contributed by atoms with E-state index in [2.05, 4.69) is 6.07 Å². The fourth-order valence-electron chi connectivity index (χ4n) is 2.78. The van der Waals surface area contributed by atoms with Crippen LogP contribution in [0.3, 0.4) is 0 Å². The van der Waals surface area contributed by atoms with Crippen LogP contribution < -0.4 is 5.46 Å². The van der Waals surface area contributed by atoms with Gasteiger partial charge in [-0.3, -0.25) is 4.79 Å². The van der Waals surface area contributed by atoms with Crippen molar-refractivity contribution < 1.29 is 18.8 Å². The lowest BCUT2D eigenvalue weighted by Gasteiger charge is -2.32. The van der Waals surface area contributed by atoms with Crippen LogP contribution in [-0.2, 0) is 25.3 Å². The largest absolute Gasteiger partial charge is 0.494 e. The molecule has 1 unspecified atom stereocenters. The fraction of sp³-hybridized carbons (Fsp3) is 0.632. The number of benzene rings is 1. The highest BCUT2D eigenvalue weighted by atomic mass is 16.7. The second-order valence-electron chi connectivity index (χ2n) is 7.39. The molecule has 0 bridgehead atoms. The molecule has 1 aliphatic heterocycles. The van der Waals surface area contributed by atoms with Crippen LogP contribution in [0.1, 0.15) is 53.5 Å². The second kappa shape index (κ2) is 7.28. The second-order valence-corrected chi connectivity index (χ2v) is 7.39. The fourth-order valence-corrected chi connectivity index (χ4v) is 2.78. The third kappa shape index (κ3) is 4.01. The molecule has 1 heterocycles. The van der Waals surface area contributed by atoms with Crippen LogP contribution in [-0.4, -0.2) is 30.9 Å². The summed E-state index contributed by atoms with van der Waals surface area (Å²) in [6, 6.07) is 8.12. The van der Waals surface area contributed by atoms with Crippen LogP contribution in [0.5, 0.6) is 0 Å². The molecule has 0 amide bonds. The van der Waals surface area contributed by atoms with Gasteiger partial charge in [0.2, 0.25) is 0 Å². The Labute approximate surface area is 146 Å². The molecular weight excluding hydrogens is 303 g/mol. The van der Waals surface area contributed by atoms with E-state index in [0.717, 1.165) is 17.4 Å². The molecule has 0 spiro atoms. The third-order valence-corrected chi connectivity index (χ3v) is 5.07. The highest BCUT2D eigenvalue weighted by Crippen LogP contribution is 2.36. The number of carbonyl (C=O) groups excluding carboxylic acids is 1. The van der Waals surface area contributed by atoms with Crippen molar-refractivity contribution in [2.45, 2.75) is 65.6 Å². The monoisotopic (exact) mass is 332 g/mol. The summed E-state index contributed by atoms with van der Waals surface area (Å²) in [6.07, 6.45) is 1.43. The standard InChI is InChI=1S/C19H29BO4/c1-7-15(17(21)22-8-2)12-14-10-9-11-16(13-14)20-23-18(3,4)19(5,6)24-20/h9-11,13,15H,7-8,12H2,1-6H3. The quantitative estimate of drug-likeness (QED) is 0.593. The predicted molar refractivity (Wildman–Crippen MR) is 96.3 cm³/mol. The minimum Gasteiger partial charge on any atom is -0.466 e. The lowest BCUT2D eigenvalue weighted by molar-refractivity contribution is -0.148. The van der Waals surface area contributed by atoms with E-state index in [-0.39, 0.29) is 30.2 Å². The average molecular weight is 332 g/mol. The van der Waals surface area contributed by atoms with Gasteiger partial charge in [0.25, 0.3) is 0 Å². The van der Waals surface area contributed by atoms with Gasteiger partial charge in [-0.1, -0.05) is 31.2 Å². The van der Waals surface area contributed by atoms with E-state index in [4.69, 9.17) is 14.0 Å². The van der Waals surface area contributed by atoms with E-state index in [1.54, 1.807) is 0 Å². The summed E-state index contributed by atoms with van der Waals surface area (Å²) >= 11 is 0. The predicted octanol–water partition coefficient (Wildman–Crippen LogP) is 3.12. The minimum atomic E-state index is -0.377. The molecule has 0 N–H and O–H groups in total. The van der Waals surface area contributed by atoms with Gasteiger partial charge in [-0.25, -0.2) is 0 Å². The van der Waals surface area contributed by atoms with Crippen LogP contribution in [0.2, 0.25) is 0 Å². The first kappa shape index (κ1) is 19.0. The molecule has 0 radical (unpaired) electrons. The Bertz CT molecular complexity index is 566. The average Bonchev–Trinajstić information content (AvgIpc) is 2.73. The van der Waals surface area contributed by atoms with Crippen LogP contribution >= 0.6 is 0 Å². The zero-order valence-electron chi connectivity index (χ0n) is 15.7. The van der Waals surface area contributed by atoms with Crippen LogP contribution in [0.25, 0.3) is 0 Å². The van der Waals surface area contributed by atoms with Crippen molar-refractivity contribution in [2.75, 3.05) is 6.61 Å². The number of ether oxygens (including phenoxy) is 1. The molecule has 24 heavy (non-hydrogen) atoms. The van der Waals surface area contributed by atoms with E-state index in [0.29, 0.717) is 13.0 Å². The normalized spacial score (nSPS) is 20.0. The summed E-state index contributed by atoms with van der Waals surface area (Å²) in [5, 5.41) is 0. The first-order valence-electron chi connectivity index (χ1n) is 8.81. The Morgan fingerprint density at radius 1 is 1.17 bits per heavy atom. The van der Waals surface area contributed by atoms with Gasteiger partial charge < -0.3 is 14.0 Å². The summed E-state index contributed by atoms with van der Waals surface area (Å²) in [6.45, 7) is 12.5. The third-order valence-electron chi connectivity index (χ3n) is 5.07. The van der Waals surface area contributed by atoms with Crippen LogP contribution in [0, 0.1) is 5.92 Å². The van der Waals surface area contributed by atoms with Gasteiger partial charge >= 0.3 is 13.1 Å². The molecule has 2 rings (SSSR count). The van der Waals surface area contributed by atoms with E-state index < -0.39 is 0 Å². The topological polar surface area (TPSA) is 44.8 Å². The van der Waals surface area contributed by atoms with Crippen LogP contribution in [0.4, 0.5) is 0 Å². The number of rotatable bonds is 6. The summed E-state index contributed by atoms with van der Waals surface area (Å²) in [7, 11) is -0.377. The molecule has 5 heteroatoms. The van der Waals surface area contributed by atoms with Gasteiger partial charge in [-0.2, -0.15) is 0 Å². The zero-order chi connectivity index (χ0) is 18.0. The van der Waals surface area contributed by atoms with Gasteiger partial charge in [-0.15, -0.1) is 0 Å². The van der Waals surface area contributed by atoms with Crippen molar-refractivity contribution >= 4 is 18.6 Å². The molecular formula is C19H29BO4. The van der Waals surface area contributed by atoms with Crippen LogP contribution in [0.15, 0.2) is 24.3 Å². The Kier molecular flexibility index (Phi) is 5.76. The molecule has 0 aromatic heterocycles. The van der Waals surface area contributed by atoms with Gasteiger partial charge in [0, 0.05) is 0 Å². The Morgan fingerprint density at radius 3 is 2.33 bits per heavy atom. The zero-order valence-corrected chi connectivity index (χ0v) is 15.7. The number of hydrogen-bond donors (Lipinski definition) is 0. The highest BCUT2D eigenvalue weighted by Gasteiger charge is 2.51. The number of esters is 1. The molecule has 132 valence electrons. The molecule has 0 aliphatic carbocycles. The Morgan fingerprint density at radius 2 is 1.79 bits per heavy atom. The lowest BCUT2D eigenvalue weighted by atomic mass is 9.78. The molecule has 0 saturated carbocycles. The van der Waals surface area contributed by atoms with Crippen molar-refractivity contribution in [2.24, 2.45) is 5.92 Å². The molecule has 1 fully saturated rings. The highest BCUT2D eigenvalue weighted by molar-refractivity contribution is 6.62. The van der Waals surface area contributed by atoms with Crippen molar-refractivity contribution in [3.63, 3.8) is 0 Å². The van der Waals surface area contributed by atoms with Crippen molar-refractivity contribution in [1.82, 2.24) is 0 Å². The summed E-state index contributed by atoms with van der Waals surface area (Å²) in [5.74, 6) is -0.237. The van der Waals surface area contributed by atoms with Gasteiger partial charge in [-0.05, 0) is 58.5 Å². The summed E-state index contributed by atoms with van der Waals surface area (Å²) in [4.78, 5) is 12.0. The maximum absolute atomic E-state index is 12.0. The molecule has 4 nitrogen and oxygen atoms in total. The first-order chi connectivity index (χ1) is 11.2. The van der Waals surface area contributed by atoms with Crippen molar-refractivity contribution in [3.05, 3.63) is 29.8 Å². The van der Waals surface area contributed by atoms with Crippen molar-refractivity contribution in [1.29, 1.82) is 0 Å². The Balaban J connectivity index is 2.14. The first-order valence-corrected chi connectivity index (χ1v) is 8.81. The van der Waals surface area contributed by atoms with Gasteiger partial charge in [0.05, 0.1) is 23.7 Å². The van der Waals surface area contributed by atoms with E-state index >= 15 is 0 Å². The molecule has 1 aromatic rings. The van der Waals surface area contributed by atoms with Gasteiger partial charge in [0.1, 0.15) is 0 Å². The lowest BCUT2D eigenvalue weighted by Crippen LogP contribution is -2.41. The van der Waals surface area contributed by atoms with E-state index in [1.165, 1.54) is 0 Å². The molecule has 1 saturated heterocycles. The maximum atomic E-state index is 12.0. The summed E-state index contributed by atoms with van der Waals surface area (Å²) < 4.78 is 17.4. The maximum Gasteiger partial charge on any atom is 0.494 e. The summed E-state index contributed by atoms with van der Waals surface area (Å²) in [5.41, 5.74) is 1.38. The Hall–Kier alpha value is -1.33. The number of carbonyl (C=O) groups is 1. The minimum absolute atomic E-state index is 0.113.